The van der Waals surface area contributed by atoms with Crippen LogP contribution in [0, 0.1) is 0 Å². The molecule has 0 aliphatic carbocycles. The van der Waals surface area contributed by atoms with Crippen LogP contribution in [-0.4, -0.2) is 27.6 Å². The Balaban J connectivity index is 1.68. The lowest BCUT2D eigenvalue weighted by Gasteiger charge is -2.03. The maximum atomic E-state index is 11.9. The molecule has 0 saturated carbocycles. The van der Waals surface area contributed by atoms with E-state index in [2.05, 4.69) is 25.8 Å². The lowest BCUT2D eigenvalue weighted by molar-refractivity contribution is 0.102. The van der Waals surface area contributed by atoms with Crippen molar-refractivity contribution in [1.29, 1.82) is 0 Å². The molecule has 98 valence electrons. The highest BCUT2D eigenvalue weighted by Crippen LogP contribution is 2.27. The van der Waals surface area contributed by atoms with Crippen molar-refractivity contribution in [3.63, 3.8) is 0 Å². The van der Waals surface area contributed by atoms with Crippen molar-refractivity contribution < 1.29 is 4.79 Å². The van der Waals surface area contributed by atoms with Gasteiger partial charge < -0.3 is 5.32 Å². The van der Waals surface area contributed by atoms with Gasteiger partial charge in [0, 0.05) is 12.4 Å². The van der Waals surface area contributed by atoms with E-state index in [9.17, 15) is 4.79 Å². The van der Waals surface area contributed by atoms with Gasteiger partial charge in [-0.25, -0.2) is 0 Å². The number of carbonyl (C=O) groups is 1. The average molecular weight is 275 g/mol. The van der Waals surface area contributed by atoms with Crippen LogP contribution in [0.5, 0.6) is 0 Å². The summed E-state index contributed by atoms with van der Waals surface area (Å²) in [5.41, 5.74) is 0.512. The highest BCUT2D eigenvalue weighted by atomic mass is 32.1. The Morgan fingerprint density at radius 1 is 1.47 bits per heavy atom. The molecule has 1 atom stereocenters. The summed E-state index contributed by atoms with van der Waals surface area (Å²) < 4.78 is 0. The normalized spacial score (nSPS) is 18.4. The predicted octanol–water partition coefficient (Wildman–Crippen LogP) is 1.61. The van der Waals surface area contributed by atoms with Crippen LogP contribution in [0.25, 0.3) is 0 Å². The summed E-state index contributed by atoms with van der Waals surface area (Å²) in [4.78, 5) is 15.8. The minimum atomic E-state index is -0.213. The number of hydrogen-bond donors (Lipinski definition) is 2. The van der Waals surface area contributed by atoms with Crippen molar-refractivity contribution in [1.82, 2.24) is 20.5 Å². The van der Waals surface area contributed by atoms with E-state index in [-0.39, 0.29) is 11.9 Å². The lowest BCUT2D eigenvalue weighted by atomic mass is 10.2. The van der Waals surface area contributed by atoms with Crippen molar-refractivity contribution in [2.45, 2.75) is 18.9 Å². The largest absolute Gasteiger partial charge is 0.308 e. The van der Waals surface area contributed by atoms with Crippen LogP contribution >= 0.6 is 11.3 Å². The smallest absolute Gasteiger partial charge is 0.259 e. The summed E-state index contributed by atoms with van der Waals surface area (Å²) in [6.45, 7) is 1.02. The second-order valence-electron chi connectivity index (χ2n) is 4.29. The number of nitrogens with zero attached hydrogens (tertiary/aromatic N) is 3. The molecule has 3 heterocycles. The molecular formula is C12H13N5OS. The van der Waals surface area contributed by atoms with Crippen LogP contribution in [-0.2, 0) is 0 Å². The van der Waals surface area contributed by atoms with Gasteiger partial charge in [0.2, 0.25) is 5.13 Å². The molecule has 2 N–H and O–H groups in total. The molecule has 7 heteroatoms. The van der Waals surface area contributed by atoms with Crippen LogP contribution < -0.4 is 10.6 Å². The quantitative estimate of drug-likeness (QED) is 0.889. The van der Waals surface area contributed by atoms with Gasteiger partial charge in [0.05, 0.1) is 11.6 Å². The highest BCUT2D eigenvalue weighted by Gasteiger charge is 2.21. The Morgan fingerprint density at radius 2 is 2.42 bits per heavy atom. The Kier molecular flexibility index (Phi) is 3.47. The molecule has 0 bridgehead atoms. The Morgan fingerprint density at radius 3 is 3.16 bits per heavy atom. The van der Waals surface area contributed by atoms with E-state index < -0.39 is 0 Å². The minimum Gasteiger partial charge on any atom is -0.308 e. The molecule has 3 rings (SSSR count). The summed E-state index contributed by atoms with van der Waals surface area (Å²) >= 11 is 1.42. The van der Waals surface area contributed by atoms with Crippen LogP contribution in [0.1, 0.15) is 34.2 Å². The molecular weight excluding hydrogens is 262 g/mol. The number of carbonyl (C=O) groups excluding carboxylic acids is 1. The number of amides is 1. The lowest BCUT2D eigenvalue weighted by Crippen LogP contribution is -2.12. The minimum absolute atomic E-state index is 0.213. The van der Waals surface area contributed by atoms with Crippen molar-refractivity contribution >= 4 is 22.4 Å². The molecule has 1 fully saturated rings. The second kappa shape index (κ2) is 5.41. The van der Waals surface area contributed by atoms with Gasteiger partial charge in [-0.2, -0.15) is 0 Å². The van der Waals surface area contributed by atoms with Crippen molar-refractivity contribution in [2.75, 3.05) is 11.9 Å². The zero-order valence-corrected chi connectivity index (χ0v) is 11.0. The molecule has 0 aromatic carbocycles. The summed E-state index contributed by atoms with van der Waals surface area (Å²) in [6.07, 6.45) is 5.38. The zero-order valence-electron chi connectivity index (χ0n) is 10.2. The fraction of sp³-hybridized carbons (Fsp3) is 0.333. The molecule has 1 aliphatic rings. The van der Waals surface area contributed by atoms with E-state index >= 15 is 0 Å². The fourth-order valence-electron chi connectivity index (χ4n) is 1.99. The molecule has 0 radical (unpaired) electrons. The van der Waals surface area contributed by atoms with Gasteiger partial charge in [-0.15, -0.1) is 10.2 Å². The topological polar surface area (TPSA) is 79.8 Å². The zero-order chi connectivity index (χ0) is 13.1. The van der Waals surface area contributed by atoms with Crippen LogP contribution in [0.15, 0.2) is 24.5 Å². The molecule has 1 amide bonds. The number of aromatic nitrogens is 3. The molecule has 19 heavy (non-hydrogen) atoms. The summed E-state index contributed by atoms with van der Waals surface area (Å²) in [5.74, 6) is -0.213. The highest BCUT2D eigenvalue weighted by molar-refractivity contribution is 7.15. The maximum absolute atomic E-state index is 11.9. The van der Waals surface area contributed by atoms with Crippen LogP contribution in [0.4, 0.5) is 5.13 Å². The van der Waals surface area contributed by atoms with E-state index in [0.29, 0.717) is 10.7 Å². The molecule has 2 aromatic heterocycles. The van der Waals surface area contributed by atoms with Crippen molar-refractivity contribution in [3.8, 4) is 0 Å². The van der Waals surface area contributed by atoms with Gasteiger partial charge in [-0.05, 0) is 31.5 Å². The van der Waals surface area contributed by atoms with Gasteiger partial charge in [0.15, 0.2) is 0 Å². The van der Waals surface area contributed by atoms with Crippen molar-refractivity contribution in [2.24, 2.45) is 0 Å². The Hall–Kier alpha value is -1.86. The summed E-state index contributed by atoms with van der Waals surface area (Å²) in [7, 11) is 0. The van der Waals surface area contributed by atoms with E-state index in [4.69, 9.17) is 0 Å². The van der Waals surface area contributed by atoms with Crippen LogP contribution in [0.3, 0.4) is 0 Å². The van der Waals surface area contributed by atoms with Crippen LogP contribution in [0.2, 0.25) is 0 Å². The maximum Gasteiger partial charge on any atom is 0.259 e. The molecule has 1 saturated heterocycles. The monoisotopic (exact) mass is 275 g/mol. The first-order valence-electron chi connectivity index (χ1n) is 6.11. The van der Waals surface area contributed by atoms with E-state index in [1.165, 1.54) is 17.5 Å². The Labute approximate surface area is 114 Å². The fourth-order valence-corrected chi connectivity index (χ4v) is 2.84. The van der Waals surface area contributed by atoms with Crippen molar-refractivity contribution in [3.05, 3.63) is 35.1 Å². The molecule has 2 aromatic rings. The molecule has 1 unspecified atom stereocenters. The SMILES string of the molecule is O=C(Nc1nnc(C2CCCN2)s1)c1cccnc1. The van der Waals surface area contributed by atoms with Gasteiger partial charge in [0.1, 0.15) is 5.01 Å². The standard InChI is InChI=1S/C12H13N5OS/c18-10(8-3-1-5-13-7-8)15-12-17-16-11(19-12)9-4-2-6-14-9/h1,3,5,7,9,14H,2,4,6H2,(H,15,17,18). The Bertz CT molecular complexity index is 565. The summed E-state index contributed by atoms with van der Waals surface area (Å²) in [6, 6.07) is 3.72. The second-order valence-corrected chi connectivity index (χ2v) is 5.30. The van der Waals surface area contributed by atoms with Gasteiger partial charge in [-0.1, -0.05) is 11.3 Å². The molecule has 0 spiro atoms. The number of hydrogen-bond acceptors (Lipinski definition) is 6. The third kappa shape index (κ3) is 2.77. The van der Waals surface area contributed by atoms with E-state index in [1.807, 2.05) is 0 Å². The first-order chi connectivity index (χ1) is 9.33. The first-order valence-corrected chi connectivity index (χ1v) is 6.93. The van der Waals surface area contributed by atoms with E-state index in [0.717, 1.165) is 24.4 Å². The average Bonchev–Trinajstić information content (AvgIpc) is 3.10. The summed E-state index contributed by atoms with van der Waals surface area (Å²) in [5, 5.41) is 15.7. The van der Waals surface area contributed by atoms with Gasteiger partial charge in [0.25, 0.3) is 5.91 Å². The van der Waals surface area contributed by atoms with Gasteiger partial charge >= 0.3 is 0 Å². The third-order valence-corrected chi connectivity index (χ3v) is 3.90. The number of anilines is 1. The van der Waals surface area contributed by atoms with E-state index in [1.54, 1.807) is 18.3 Å². The number of pyridine rings is 1. The predicted molar refractivity (Wildman–Crippen MR) is 72.1 cm³/mol. The molecule has 1 aliphatic heterocycles. The first kappa shape index (κ1) is 12.2. The molecule has 6 nitrogen and oxygen atoms in total. The number of rotatable bonds is 3. The van der Waals surface area contributed by atoms with Gasteiger partial charge in [-0.3, -0.25) is 15.1 Å². The number of nitrogens with one attached hydrogen (secondary N) is 2. The third-order valence-electron chi connectivity index (χ3n) is 2.94.